The third-order valence-corrected chi connectivity index (χ3v) is 3.38. The van der Waals surface area contributed by atoms with Crippen molar-refractivity contribution in [2.45, 2.75) is 64.3 Å². The van der Waals surface area contributed by atoms with Gasteiger partial charge in [0.05, 0.1) is 18.3 Å². The smallest absolute Gasteiger partial charge is 0.271 e. The van der Waals surface area contributed by atoms with Gasteiger partial charge in [0.2, 0.25) is 0 Å². The van der Waals surface area contributed by atoms with Crippen LogP contribution in [0.25, 0.3) is 0 Å². The van der Waals surface area contributed by atoms with Gasteiger partial charge in [0.1, 0.15) is 5.60 Å². The van der Waals surface area contributed by atoms with Crippen molar-refractivity contribution in [3.63, 3.8) is 0 Å². The second kappa shape index (κ2) is 6.30. The molecule has 1 heterocycles. The summed E-state index contributed by atoms with van der Waals surface area (Å²) in [6.45, 7) is 7.58. The number of rotatable bonds is 7. The zero-order valence-electron chi connectivity index (χ0n) is 12.1. The first-order valence-corrected chi connectivity index (χ1v) is 6.54. The quantitative estimate of drug-likeness (QED) is 0.707. The van der Waals surface area contributed by atoms with Crippen LogP contribution in [0.15, 0.2) is 0 Å². The molecule has 1 rings (SSSR count). The van der Waals surface area contributed by atoms with Crippen molar-refractivity contribution in [3.05, 3.63) is 0 Å². The Morgan fingerprint density at radius 2 is 2.06 bits per heavy atom. The summed E-state index contributed by atoms with van der Waals surface area (Å²) in [5.41, 5.74) is -0.981. The third-order valence-electron chi connectivity index (χ3n) is 3.38. The van der Waals surface area contributed by atoms with Crippen molar-refractivity contribution in [2.24, 2.45) is 0 Å². The van der Waals surface area contributed by atoms with Crippen LogP contribution in [-0.4, -0.2) is 49.2 Å². The molecule has 5 heteroatoms. The molecule has 3 unspecified atom stereocenters. The first-order chi connectivity index (χ1) is 8.43. The fraction of sp³-hybridized carbons (Fsp3) is 1.00. The Balaban J connectivity index is 2.77. The molecule has 0 spiro atoms. The Hall–Kier alpha value is -0.200. The summed E-state index contributed by atoms with van der Waals surface area (Å²) in [4.78, 5) is 0. The predicted molar refractivity (Wildman–Crippen MR) is 67.2 cm³/mol. The van der Waals surface area contributed by atoms with Crippen molar-refractivity contribution >= 4 is 0 Å². The number of aliphatic hydroxyl groups is 1. The lowest BCUT2D eigenvalue weighted by Gasteiger charge is -2.33. The normalized spacial score (nSPS) is 32.7. The zero-order chi connectivity index (χ0) is 13.8. The number of aliphatic hydroxyl groups excluding tert-OH is 1. The molecule has 0 saturated carbocycles. The molecular formula is C13H26O5. The minimum atomic E-state index is -0.713. The van der Waals surface area contributed by atoms with Crippen molar-refractivity contribution in [1.82, 2.24) is 0 Å². The number of hydrogen-bond donors (Lipinski definition) is 1. The minimum Gasteiger partial charge on any atom is -0.393 e. The maximum atomic E-state index is 9.65. The number of ether oxygens (including phenoxy) is 4. The van der Waals surface area contributed by atoms with Gasteiger partial charge in [-0.3, -0.25) is 0 Å². The fourth-order valence-electron chi connectivity index (χ4n) is 2.44. The van der Waals surface area contributed by atoms with Gasteiger partial charge in [-0.2, -0.15) is 0 Å². The molecule has 0 aromatic carbocycles. The monoisotopic (exact) mass is 262 g/mol. The van der Waals surface area contributed by atoms with Crippen LogP contribution in [0.4, 0.5) is 0 Å². The molecule has 0 amide bonds. The van der Waals surface area contributed by atoms with E-state index in [0.717, 1.165) is 0 Å². The summed E-state index contributed by atoms with van der Waals surface area (Å²) in [5.74, 6) is 0. The van der Waals surface area contributed by atoms with Gasteiger partial charge in [-0.25, -0.2) is 0 Å². The average molecular weight is 262 g/mol. The second-order valence-corrected chi connectivity index (χ2v) is 5.25. The highest BCUT2D eigenvalue weighted by atomic mass is 16.8. The van der Waals surface area contributed by atoms with E-state index in [-0.39, 0.29) is 18.3 Å². The van der Waals surface area contributed by atoms with Gasteiger partial charge in [0.25, 0.3) is 6.48 Å². The van der Waals surface area contributed by atoms with Crippen LogP contribution in [0.5, 0.6) is 0 Å². The Bertz CT molecular complexity index is 250. The highest BCUT2D eigenvalue weighted by Gasteiger charge is 2.52. The molecule has 0 radical (unpaired) electrons. The molecule has 1 aliphatic rings. The average Bonchev–Trinajstić information content (AvgIpc) is 2.60. The van der Waals surface area contributed by atoms with E-state index in [9.17, 15) is 5.11 Å². The summed E-state index contributed by atoms with van der Waals surface area (Å²) >= 11 is 0. The summed E-state index contributed by atoms with van der Waals surface area (Å²) in [7, 11) is 1.54. The molecule has 3 atom stereocenters. The largest absolute Gasteiger partial charge is 0.393 e. The lowest BCUT2D eigenvalue weighted by molar-refractivity contribution is -0.308. The molecule has 0 aliphatic carbocycles. The van der Waals surface area contributed by atoms with E-state index >= 15 is 0 Å². The lowest BCUT2D eigenvalue weighted by Crippen LogP contribution is -2.46. The van der Waals surface area contributed by atoms with E-state index in [1.54, 1.807) is 0 Å². The second-order valence-electron chi connectivity index (χ2n) is 5.25. The van der Waals surface area contributed by atoms with E-state index in [4.69, 9.17) is 18.9 Å². The first-order valence-electron chi connectivity index (χ1n) is 6.54. The SMILES string of the molecule is CCOC(OC)OC1CC(C)(C)OC1(CC)CO. The highest BCUT2D eigenvalue weighted by Crippen LogP contribution is 2.41. The van der Waals surface area contributed by atoms with Gasteiger partial charge in [-0.15, -0.1) is 0 Å². The van der Waals surface area contributed by atoms with Gasteiger partial charge in [-0.1, -0.05) is 6.92 Å². The van der Waals surface area contributed by atoms with Gasteiger partial charge in [0, 0.05) is 20.1 Å². The number of hydrogen-bond acceptors (Lipinski definition) is 5. The molecule has 1 aliphatic heterocycles. The van der Waals surface area contributed by atoms with Gasteiger partial charge < -0.3 is 24.1 Å². The molecule has 0 aromatic heterocycles. The summed E-state index contributed by atoms with van der Waals surface area (Å²) in [5, 5.41) is 9.65. The highest BCUT2D eigenvalue weighted by molar-refractivity contribution is 5.00. The summed E-state index contributed by atoms with van der Waals surface area (Å²) in [6, 6.07) is 0. The first kappa shape index (κ1) is 15.9. The van der Waals surface area contributed by atoms with Crippen LogP contribution < -0.4 is 0 Å². The third kappa shape index (κ3) is 3.42. The maximum absolute atomic E-state index is 9.65. The molecule has 108 valence electrons. The zero-order valence-corrected chi connectivity index (χ0v) is 12.1. The molecule has 1 fully saturated rings. The molecule has 1 N–H and O–H groups in total. The Morgan fingerprint density at radius 3 is 2.50 bits per heavy atom. The standard InChI is InChI=1S/C13H26O5/c1-6-13(9-14)10(8-12(3,4)18-13)17-11(15-5)16-7-2/h10-11,14H,6-9H2,1-5H3. The molecular weight excluding hydrogens is 236 g/mol. The Morgan fingerprint density at radius 1 is 1.39 bits per heavy atom. The van der Waals surface area contributed by atoms with E-state index in [1.807, 2.05) is 27.7 Å². The van der Waals surface area contributed by atoms with Crippen molar-refractivity contribution in [3.8, 4) is 0 Å². The molecule has 0 bridgehead atoms. The minimum absolute atomic E-state index is 0.0693. The molecule has 18 heavy (non-hydrogen) atoms. The topological polar surface area (TPSA) is 57.2 Å². The summed E-state index contributed by atoms with van der Waals surface area (Å²) in [6.07, 6.45) is 1.15. The fourth-order valence-corrected chi connectivity index (χ4v) is 2.44. The number of methoxy groups -OCH3 is 1. The summed E-state index contributed by atoms with van der Waals surface area (Å²) < 4.78 is 22.2. The van der Waals surface area contributed by atoms with Crippen LogP contribution in [0, 0.1) is 0 Å². The van der Waals surface area contributed by atoms with Crippen LogP contribution >= 0.6 is 0 Å². The van der Waals surface area contributed by atoms with Crippen LogP contribution in [0.2, 0.25) is 0 Å². The molecule has 5 nitrogen and oxygen atoms in total. The van der Waals surface area contributed by atoms with Gasteiger partial charge in [-0.05, 0) is 27.2 Å². The van der Waals surface area contributed by atoms with E-state index in [0.29, 0.717) is 19.4 Å². The van der Waals surface area contributed by atoms with Crippen molar-refractivity contribution in [1.29, 1.82) is 0 Å². The molecule has 1 saturated heterocycles. The van der Waals surface area contributed by atoms with Crippen LogP contribution in [0.1, 0.15) is 40.5 Å². The van der Waals surface area contributed by atoms with E-state index in [2.05, 4.69) is 0 Å². The Labute approximate surface area is 109 Å². The van der Waals surface area contributed by atoms with Crippen LogP contribution in [0.3, 0.4) is 0 Å². The van der Waals surface area contributed by atoms with Gasteiger partial charge >= 0.3 is 0 Å². The van der Waals surface area contributed by atoms with Gasteiger partial charge in [0.15, 0.2) is 0 Å². The molecule has 0 aromatic rings. The predicted octanol–water partition coefficient (Wildman–Crippen LogP) is 1.68. The van der Waals surface area contributed by atoms with E-state index < -0.39 is 12.1 Å². The maximum Gasteiger partial charge on any atom is 0.271 e. The lowest BCUT2D eigenvalue weighted by atomic mass is 9.92. The van der Waals surface area contributed by atoms with Crippen molar-refractivity contribution in [2.75, 3.05) is 20.3 Å². The van der Waals surface area contributed by atoms with E-state index in [1.165, 1.54) is 7.11 Å². The van der Waals surface area contributed by atoms with Crippen molar-refractivity contribution < 1.29 is 24.1 Å². The van der Waals surface area contributed by atoms with Crippen LogP contribution in [-0.2, 0) is 18.9 Å². The Kier molecular flexibility index (Phi) is 5.55.